The Morgan fingerprint density at radius 1 is 1.24 bits per heavy atom. The highest BCUT2D eigenvalue weighted by Gasteiger charge is 2.15. The number of carbonyl (C=O) groups is 1. The van der Waals surface area contributed by atoms with Crippen molar-refractivity contribution in [2.24, 2.45) is 0 Å². The normalized spacial score (nSPS) is 10.8. The van der Waals surface area contributed by atoms with E-state index in [1.54, 1.807) is 13.0 Å². The number of benzene rings is 1. The van der Waals surface area contributed by atoms with Crippen LogP contribution in [0.2, 0.25) is 0 Å². The van der Waals surface area contributed by atoms with E-state index >= 15 is 0 Å². The Kier molecular flexibility index (Phi) is 3.44. The van der Waals surface area contributed by atoms with Crippen molar-refractivity contribution in [3.05, 3.63) is 53.8 Å². The van der Waals surface area contributed by atoms with Crippen molar-refractivity contribution in [1.82, 2.24) is 4.98 Å². The van der Waals surface area contributed by atoms with Crippen molar-refractivity contribution < 1.29 is 13.9 Å². The summed E-state index contributed by atoms with van der Waals surface area (Å²) >= 11 is 0. The van der Waals surface area contributed by atoms with E-state index in [1.165, 1.54) is 0 Å². The van der Waals surface area contributed by atoms with Gasteiger partial charge < -0.3 is 9.15 Å². The van der Waals surface area contributed by atoms with Gasteiger partial charge in [0.15, 0.2) is 5.76 Å². The quantitative estimate of drug-likeness (QED) is 0.681. The van der Waals surface area contributed by atoms with Crippen LogP contribution in [0, 0.1) is 6.92 Å². The third-order valence-corrected chi connectivity index (χ3v) is 3.20. The number of esters is 1. The van der Waals surface area contributed by atoms with Gasteiger partial charge in [0.05, 0.1) is 17.7 Å². The molecule has 21 heavy (non-hydrogen) atoms. The van der Waals surface area contributed by atoms with Gasteiger partial charge in [0.2, 0.25) is 0 Å². The van der Waals surface area contributed by atoms with Crippen molar-refractivity contribution in [2.45, 2.75) is 13.8 Å². The Bertz CT molecular complexity index is 805. The molecule has 106 valence electrons. The molecule has 1 aromatic carbocycles. The van der Waals surface area contributed by atoms with Crippen molar-refractivity contribution >= 4 is 16.9 Å². The minimum atomic E-state index is -0.347. The lowest BCUT2D eigenvalue weighted by Crippen LogP contribution is -2.06. The van der Waals surface area contributed by atoms with Gasteiger partial charge in [0.25, 0.3) is 0 Å². The number of furan rings is 1. The van der Waals surface area contributed by atoms with Crippen LogP contribution < -0.4 is 0 Å². The van der Waals surface area contributed by atoms with Crippen LogP contribution in [0.15, 0.2) is 46.9 Å². The molecule has 0 fully saturated rings. The molecule has 0 aliphatic carbocycles. The Balaban J connectivity index is 2.21. The highest BCUT2D eigenvalue weighted by Crippen LogP contribution is 2.26. The average molecular weight is 281 g/mol. The highest BCUT2D eigenvalue weighted by molar-refractivity contribution is 6.04. The van der Waals surface area contributed by atoms with Crippen LogP contribution in [0.25, 0.3) is 22.4 Å². The van der Waals surface area contributed by atoms with Crippen LogP contribution in [0.3, 0.4) is 0 Å². The first-order chi connectivity index (χ1) is 10.2. The molecular formula is C17H15NO3. The first kappa shape index (κ1) is 13.4. The Hall–Kier alpha value is -2.62. The minimum absolute atomic E-state index is 0.338. The SMILES string of the molecule is CCOC(=O)c1cc(-c2ccc(C)o2)nc2ccccc12. The number of pyridine rings is 1. The monoisotopic (exact) mass is 281 g/mol. The van der Waals surface area contributed by atoms with Crippen LogP contribution in [0.5, 0.6) is 0 Å². The molecule has 4 heteroatoms. The van der Waals surface area contributed by atoms with Crippen LogP contribution in [0.1, 0.15) is 23.0 Å². The standard InChI is InChI=1S/C17H15NO3/c1-3-20-17(19)13-10-15(16-9-8-11(2)21-16)18-14-7-5-4-6-12(13)14/h4-10H,3H2,1-2H3. The fourth-order valence-corrected chi connectivity index (χ4v) is 2.25. The summed E-state index contributed by atoms with van der Waals surface area (Å²) in [7, 11) is 0. The third-order valence-electron chi connectivity index (χ3n) is 3.20. The zero-order valence-electron chi connectivity index (χ0n) is 11.9. The van der Waals surface area contributed by atoms with Gasteiger partial charge in [-0.3, -0.25) is 0 Å². The molecule has 0 bridgehead atoms. The van der Waals surface area contributed by atoms with Crippen LogP contribution in [-0.4, -0.2) is 17.6 Å². The van der Waals surface area contributed by atoms with Crippen LogP contribution in [-0.2, 0) is 4.74 Å². The number of carbonyl (C=O) groups excluding carboxylic acids is 1. The van der Waals surface area contributed by atoms with E-state index in [0.29, 0.717) is 23.6 Å². The fraction of sp³-hybridized carbons (Fsp3) is 0.176. The topological polar surface area (TPSA) is 52.3 Å². The summed E-state index contributed by atoms with van der Waals surface area (Å²) in [5.74, 6) is 1.10. The predicted molar refractivity (Wildman–Crippen MR) is 80.1 cm³/mol. The average Bonchev–Trinajstić information content (AvgIpc) is 2.93. The van der Waals surface area contributed by atoms with E-state index in [2.05, 4.69) is 4.98 Å². The molecule has 0 aliphatic rings. The number of ether oxygens (including phenoxy) is 1. The maximum Gasteiger partial charge on any atom is 0.338 e. The van der Waals surface area contributed by atoms with E-state index in [0.717, 1.165) is 16.7 Å². The first-order valence-corrected chi connectivity index (χ1v) is 6.82. The van der Waals surface area contributed by atoms with E-state index in [9.17, 15) is 4.79 Å². The van der Waals surface area contributed by atoms with Gasteiger partial charge in [0, 0.05) is 5.39 Å². The van der Waals surface area contributed by atoms with Gasteiger partial charge >= 0.3 is 5.97 Å². The molecule has 0 spiro atoms. The maximum atomic E-state index is 12.2. The summed E-state index contributed by atoms with van der Waals surface area (Å²) in [6.45, 7) is 4.00. The highest BCUT2D eigenvalue weighted by atomic mass is 16.5. The molecule has 2 aromatic heterocycles. The van der Waals surface area contributed by atoms with Gasteiger partial charge in [-0.2, -0.15) is 0 Å². The number of hydrogen-bond donors (Lipinski definition) is 0. The number of para-hydroxylation sites is 1. The molecule has 0 saturated carbocycles. The lowest BCUT2D eigenvalue weighted by Gasteiger charge is -2.08. The van der Waals surface area contributed by atoms with Gasteiger partial charge in [-0.25, -0.2) is 9.78 Å². The van der Waals surface area contributed by atoms with E-state index in [-0.39, 0.29) is 5.97 Å². The molecule has 0 unspecified atom stereocenters. The fourth-order valence-electron chi connectivity index (χ4n) is 2.25. The second-order valence-corrected chi connectivity index (χ2v) is 4.70. The zero-order chi connectivity index (χ0) is 14.8. The van der Waals surface area contributed by atoms with Crippen molar-refractivity contribution in [3.8, 4) is 11.5 Å². The molecule has 2 heterocycles. The van der Waals surface area contributed by atoms with Crippen LogP contribution in [0.4, 0.5) is 0 Å². The molecular weight excluding hydrogens is 266 g/mol. The molecule has 0 atom stereocenters. The van der Waals surface area contributed by atoms with E-state index in [1.807, 2.05) is 43.3 Å². The number of fused-ring (bicyclic) bond motifs is 1. The Labute approximate surface area is 122 Å². The summed E-state index contributed by atoms with van der Waals surface area (Å²) in [6.07, 6.45) is 0. The van der Waals surface area contributed by atoms with Crippen molar-refractivity contribution in [2.75, 3.05) is 6.61 Å². The second-order valence-electron chi connectivity index (χ2n) is 4.70. The molecule has 3 aromatic rings. The first-order valence-electron chi connectivity index (χ1n) is 6.82. The summed E-state index contributed by atoms with van der Waals surface area (Å²) in [6, 6.07) is 12.9. The van der Waals surface area contributed by atoms with Gasteiger partial charge in [-0.1, -0.05) is 18.2 Å². The Morgan fingerprint density at radius 2 is 2.05 bits per heavy atom. The molecule has 0 saturated heterocycles. The molecule has 0 N–H and O–H groups in total. The second kappa shape index (κ2) is 5.40. The lowest BCUT2D eigenvalue weighted by molar-refractivity contribution is 0.0528. The Morgan fingerprint density at radius 3 is 2.76 bits per heavy atom. The number of hydrogen-bond acceptors (Lipinski definition) is 4. The van der Waals surface area contributed by atoms with Crippen molar-refractivity contribution in [1.29, 1.82) is 0 Å². The van der Waals surface area contributed by atoms with Crippen molar-refractivity contribution in [3.63, 3.8) is 0 Å². The van der Waals surface area contributed by atoms with Gasteiger partial charge in [0.1, 0.15) is 11.5 Å². The van der Waals surface area contributed by atoms with E-state index < -0.39 is 0 Å². The smallest absolute Gasteiger partial charge is 0.338 e. The number of aromatic nitrogens is 1. The largest absolute Gasteiger partial charge is 0.462 e. The minimum Gasteiger partial charge on any atom is -0.462 e. The van der Waals surface area contributed by atoms with Crippen LogP contribution >= 0.6 is 0 Å². The zero-order valence-corrected chi connectivity index (χ0v) is 11.9. The summed E-state index contributed by atoms with van der Waals surface area (Å²) in [5.41, 5.74) is 1.88. The molecule has 3 rings (SSSR count). The maximum absolute atomic E-state index is 12.2. The van der Waals surface area contributed by atoms with E-state index in [4.69, 9.17) is 9.15 Å². The number of aryl methyl sites for hydroxylation is 1. The molecule has 0 aliphatic heterocycles. The number of nitrogens with zero attached hydrogens (tertiary/aromatic N) is 1. The molecule has 4 nitrogen and oxygen atoms in total. The summed E-state index contributed by atoms with van der Waals surface area (Å²) in [5, 5.41) is 0.781. The number of rotatable bonds is 3. The predicted octanol–water partition coefficient (Wildman–Crippen LogP) is 3.98. The van der Waals surface area contributed by atoms with Gasteiger partial charge in [-0.15, -0.1) is 0 Å². The lowest BCUT2D eigenvalue weighted by atomic mass is 10.1. The molecule has 0 amide bonds. The molecule has 0 radical (unpaired) electrons. The summed E-state index contributed by atoms with van der Waals surface area (Å²) < 4.78 is 10.7. The summed E-state index contributed by atoms with van der Waals surface area (Å²) in [4.78, 5) is 16.7. The third kappa shape index (κ3) is 2.52. The van der Waals surface area contributed by atoms with Gasteiger partial charge in [-0.05, 0) is 38.1 Å².